The molecule has 0 aliphatic heterocycles. The fraction of sp³-hybridized carbons (Fsp3) is 0.800. The number of nitrogens with one attached hydrogen (secondary N) is 1. The Kier molecular flexibility index (Phi) is 4.98. The molecule has 0 bridgehead atoms. The average Bonchev–Trinajstić information content (AvgIpc) is 2.84. The van der Waals surface area contributed by atoms with Crippen LogP contribution in [0.4, 0.5) is 13.2 Å². The first kappa shape index (κ1) is 16.7. The summed E-state index contributed by atoms with van der Waals surface area (Å²) < 4.78 is 39.1. The molecule has 2 unspecified atom stereocenters. The van der Waals surface area contributed by atoms with Crippen LogP contribution in [0, 0.1) is 5.92 Å². The van der Waals surface area contributed by atoms with Crippen LogP contribution in [0.15, 0.2) is 6.20 Å². The second-order valence-electron chi connectivity index (χ2n) is 6.80. The Labute approximate surface area is 128 Å². The zero-order valence-corrected chi connectivity index (χ0v) is 13.6. The number of aromatic nitrogens is 1. The molecule has 21 heavy (non-hydrogen) atoms. The van der Waals surface area contributed by atoms with Crippen molar-refractivity contribution in [1.29, 1.82) is 0 Å². The predicted octanol–water partition coefficient (Wildman–Crippen LogP) is 4.65. The van der Waals surface area contributed by atoms with Gasteiger partial charge in [-0.15, -0.1) is 11.3 Å². The molecule has 0 radical (unpaired) electrons. The number of halogens is 3. The molecule has 0 aromatic carbocycles. The quantitative estimate of drug-likeness (QED) is 0.877. The van der Waals surface area contributed by atoms with Crippen molar-refractivity contribution < 1.29 is 13.2 Å². The molecule has 0 spiro atoms. The Bertz CT molecular complexity index is 462. The molecule has 1 aromatic heterocycles. The summed E-state index contributed by atoms with van der Waals surface area (Å²) in [5, 5.41) is 4.13. The minimum Gasteiger partial charge on any atom is -0.308 e. The first-order valence-corrected chi connectivity index (χ1v) is 8.25. The van der Waals surface area contributed by atoms with Crippen molar-refractivity contribution in [3.05, 3.63) is 16.1 Å². The Balaban J connectivity index is 1.96. The molecule has 1 aliphatic rings. The van der Waals surface area contributed by atoms with E-state index in [0.29, 0.717) is 19.4 Å². The number of hydrogen-bond donors (Lipinski definition) is 1. The minimum atomic E-state index is -4.09. The molecule has 2 atom stereocenters. The van der Waals surface area contributed by atoms with Crippen molar-refractivity contribution in [3.63, 3.8) is 0 Å². The van der Waals surface area contributed by atoms with Gasteiger partial charge in [-0.05, 0) is 12.8 Å². The Hall–Kier alpha value is -0.620. The van der Waals surface area contributed by atoms with Gasteiger partial charge in [-0.2, -0.15) is 13.2 Å². The van der Waals surface area contributed by atoms with E-state index < -0.39 is 18.1 Å². The van der Waals surface area contributed by atoms with E-state index in [2.05, 4.69) is 31.1 Å². The molecule has 2 nitrogen and oxygen atoms in total. The van der Waals surface area contributed by atoms with Gasteiger partial charge in [-0.3, -0.25) is 0 Å². The molecule has 1 aromatic rings. The third-order valence-electron chi connectivity index (χ3n) is 3.92. The predicted molar refractivity (Wildman–Crippen MR) is 79.5 cm³/mol. The molecular formula is C15H23F3N2S. The van der Waals surface area contributed by atoms with Crippen LogP contribution >= 0.6 is 11.3 Å². The first-order chi connectivity index (χ1) is 9.68. The highest BCUT2D eigenvalue weighted by molar-refractivity contribution is 7.11. The Morgan fingerprint density at radius 3 is 2.48 bits per heavy atom. The van der Waals surface area contributed by atoms with E-state index in [9.17, 15) is 13.2 Å². The number of rotatable bonds is 3. The topological polar surface area (TPSA) is 24.9 Å². The molecule has 1 aliphatic carbocycles. The van der Waals surface area contributed by atoms with Gasteiger partial charge in [0.25, 0.3) is 0 Å². The summed E-state index contributed by atoms with van der Waals surface area (Å²) in [5.74, 6) is -1.21. The summed E-state index contributed by atoms with van der Waals surface area (Å²) in [6.45, 7) is 6.74. The van der Waals surface area contributed by atoms with E-state index in [0.717, 1.165) is 16.3 Å². The monoisotopic (exact) mass is 320 g/mol. The smallest absolute Gasteiger partial charge is 0.308 e. The molecule has 120 valence electrons. The third-order valence-corrected chi connectivity index (χ3v) is 5.34. The van der Waals surface area contributed by atoms with Crippen molar-refractivity contribution in [1.82, 2.24) is 10.3 Å². The van der Waals surface area contributed by atoms with Crippen molar-refractivity contribution in [2.75, 3.05) is 0 Å². The maximum atomic E-state index is 13.0. The van der Waals surface area contributed by atoms with Gasteiger partial charge >= 0.3 is 6.18 Å². The molecule has 0 amide bonds. The van der Waals surface area contributed by atoms with Gasteiger partial charge in [-0.25, -0.2) is 4.98 Å². The molecule has 1 heterocycles. The third kappa shape index (κ3) is 4.42. The summed E-state index contributed by atoms with van der Waals surface area (Å²) in [5.41, 5.74) is -0.0116. The van der Waals surface area contributed by atoms with Crippen LogP contribution < -0.4 is 5.32 Å². The lowest BCUT2D eigenvalue weighted by Gasteiger charge is -2.33. The summed E-state index contributed by atoms with van der Waals surface area (Å²) in [6, 6.07) is -0.459. The normalized spacial score (nSPS) is 24.3. The van der Waals surface area contributed by atoms with Crippen molar-refractivity contribution in [2.24, 2.45) is 5.92 Å². The summed E-state index contributed by atoms with van der Waals surface area (Å²) in [4.78, 5) is 5.38. The van der Waals surface area contributed by atoms with E-state index in [1.54, 1.807) is 17.5 Å². The minimum absolute atomic E-state index is 0.0116. The molecule has 2 rings (SSSR count). The van der Waals surface area contributed by atoms with Crippen LogP contribution in [-0.4, -0.2) is 17.2 Å². The van der Waals surface area contributed by atoms with Gasteiger partial charge in [0.05, 0.1) is 10.9 Å². The number of thiazole rings is 1. The van der Waals surface area contributed by atoms with E-state index in [4.69, 9.17) is 0 Å². The van der Waals surface area contributed by atoms with Gasteiger partial charge in [0.2, 0.25) is 0 Å². The van der Waals surface area contributed by atoms with E-state index in [-0.39, 0.29) is 11.8 Å². The van der Waals surface area contributed by atoms with Crippen LogP contribution in [0.5, 0.6) is 0 Å². The molecule has 1 N–H and O–H groups in total. The fourth-order valence-corrected chi connectivity index (χ4v) is 3.66. The molecule has 6 heteroatoms. The Morgan fingerprint density at radius 1 is 1.24 bits per heavy atom. The van der Waals surface area contributed by atoms with E-state index >= 15 is 0 Å². The molecule has 0 saturated heterocycles. The number of alkyl halides is 3. The Morgan fingerprint density at radius 2 is 1.90 bits per heavy atom. The highest BCUT2D eigenvalue weighted by Gasteiger charge is 2.45. The summed E-state index contributed by atoms with van der Waals surface area (Å²) in [6.07, 6.45) is 0.0928. The van der Waals surface area contributed by atoms with E-state index in [1.165, 1.54) is 0 Å². The molecule has 1 fully saturated rings. The molecule has 1 saturated carbocycles. The molecular weight excluding hydrogens is 297 g/mol. The van der Waals surface area contributed by atoms with E-state index in [1.807, 2.05) is 0 Å². The van der Waals surface area contributed by atoms with Crippen LogP contribution in [0.1, 0.15) is 56.3 Å². The first-order valence-electron chi connectivity index (χ1n) is 7.43. The van der Waals surface area contributed by atoms with Crippen LogP contribution in [0.25, 0.3) is 0 Å². The lowest BCUT2D eigenvalue weighted by molar-refractivity contribution is -0.189. The van der Waals surface area contributed by atoms with Crippen LogP contribution in [-0.2, 0) is 12.0 Å². The van der Waals surface area contributed by atoms with Gasteiger partial charge < -0.3 is 5.32 Å². The maximum absolute atomic E-state index is 13.0. The second-order valence-corrected chi connectivity index (χ2v) is 7.92. The zero-order valence-electron chi connectivity index (χ0n) is 12.8. The van der Waals surface area contributed by atoms with Gasteiger partial charge in [0, 0.05) is 29.1 Å². The average molecular weight is 320 g/mol. The van der Waals surface area contributed by atoms with Crippen molar-refractivity contribution in [3.8, 4) is 0 Å². The van der Waals surface area contributed by atoms with Gasteiger partial charge in [0.15, 0.2) is 0 Å². The van der Waals surface area contributed by atoms with Crippen LogP contribution in [0.2, 0.25) is 0 Å². The lowest BCUT2D eigenvalue weighted by Crippen LogP contribution is -2.45. The summed E-state index contributed by atoms with van der Waals surface area (Å²) in [7, 11) is 0. The van der Waals surface area contributed by atoms with Gasteiger partial charge in [0.1, 0.15) is 0 Å². The number of hydrogen-bond acceptors (Lipinski definition) is 3. The van der Waals surface area contributed by atoms with Gasteiger partial charge in [-0.1, -0.05) is 33.6 Å². The maximum Gasteiger partial charge on any atom is 0.393 e. The number of nitrogens with zero attached hydrogens (tertiary/aromatic N) is 1. The standard InChI is InChI=1S/C15H23F3N2S/c1-14(2,3)13-20-9-10(21-13)8-19-12-7-5-4-6-11(12)15(16,17)18/h9,11-12,19H,4-8H2,1-3H3. The largest absolute Gasteiger partial charge is 0.393 e. The van der Waals surface area contributed by atoms with Crippen molar-refractivity contribution >= 4 is 11.3 Å². The lowest BCUT2D eigenvalue weighted by atomic mass is 9.84. The SMILES string of the molecule is CC(C)(C)c1ncc(CNC2CCCCC2C(F)(F)F)s1. The highest BCUT2D eigenvalue weighted by Crippen LogP contribution is 2.38. The van der Waals surface area contributed by atoms with Crippen LogP contribution in [0.3, 0.4) is 0 Å². The fourth-order valence-electron chi connectivity index (χ4n) is 2.73. The highest BCUT2D eigenvalue weighted by atomic mass is 32.1. The second kappa shape index (κ2) is 6.24. The zero-order chi connectivity index (χ0) is 15.7. The summed E-state index contributed by atoms with van der Waals surface area (Å²) >= 11 is 1.58. The van der Waals surface area contributed by atoms with Crippen molar-refractivity contribution in [2.45, 2.75) is 70.6 Å².